The maximum Gasteiger partial charge on any atom is 0.407 e. The van der Waals surface area contributed by atoms with Gasteiger partial charge in [-0.05, 0) is 40.5 Å². The van der Waals surface area contributed by atoms with Crippen molar-refractivity contribution in [3.63, 3.8) is 0 Å². The fourth-order valence-corrected chi connectivity index (χ4v) is 6.49. The Morgan fingerprint density at radius 1 is 0.588 bits per heavy atom. The number of carbonyl (C=O) groups excluding carboxylic acids is 4. The summed E-state index contributed by atoms with van der Waals surface area (Å²) in [6.07, 6.45) is 2.56. The van der Waals surface area contributed by atoms with Crippen LogP contribution in [-0.2, 0) is 60.4 Å². The maximum atomic E-state index is 14.2. The largest absolute Gasteiger partial charge is 0.453 e. The van der Waals surface area contributed by atoms with Gasteiger partial charge in [0.1, 0.15) is 18.7 Å². The molecule has 1 aromatic heterocycles. The van der Waals surface area contributed by atoms with Crippen molar-refractivity contribution in [2.45, 2.75) is 72.6 Å². The molecule has 0 unspecified atom stereocenters. The number of alkyl carbamates (subject to hydrolysis) is 2. The quantitative estimate of drug-likeness (QED) is 0.0472. The highest BCUT2D eigenvalue weighted by Crippen LogP contribution is 2.23. The summed E-state index contributed by atoms with van der Waals surface area (Å²) in [7, 11) is 2.87. The van der Waals surface area contributed by atoms with Crippen molar-refractivity contribution >= 4 is 24.0 Å². The lowest BCUT2D eigenvalue weighted by molar-refractivity contribution is -0.131. The third-order valence-corrected chi connectivity index (χ3v) is 10.1. The molecule has 0 spiro atoms. The Morgan fingerprint density at radius 3 is 1.62 bits per heavy atom. The molecule has 18 nitrogen and oxygen atoms in total. The van der Waals surface area contributed by atoms with Gasteiger partial charge in [0.25, 0.3) is 5.91 Å². The first-order valence-corrected chi connectivity index (χ1v) is 23.0. The van der Waals surface area contributed by atoms with E-state index in [-0.39, 0.29) is 26.3 Å². The van der Waals surface area contributed by atoms with Gasteiger partial charge in [-0.2, -0.15) is 0 Å². The number of pyridine rings is 1. The second-order valence-corrected chi connectivity index (χ2v) is 17.9. The van der Waals surface area contributed by atoms with Gasteiger partial charge in [0.2, 0.25) is 5.91 Å². The Hall–Kier alpha value is -5.21. The van der Waals surface area contributed by atoms with Gasteiger partial charge in [0.15, 0.2) is 0 Å². The molecule has 18 heteroatoms. The number of rotatable bonds is 32. The molecule has 3 rings (SSSR count). The number of nitrogens with zero attached hydrogens (tertiary/aromatic N) is 2. The lowest BCUT2D eigenvalue weighted by atomic mass is 9.86. The third kappa shape index (κ3) is 23.7. The van der Waals surface area contributed by atoms with Crippen LogP contribution in [0.3, 0.4) is 0 Å². The Kier molecular flexibility index (Phi) is 26.7. The molecule has 4 amide bonds. The SMILES string of the molecule is COCCOCCOCCOCCOCCOCCOC(=O)N[C@@H](C(=O)N[C@@H]([CH]CN(Cc1ccc(-c2ccccn2)cc1)NC(=O)[C@H](NC(=O)OC)C(C)(C)C)Cc1ccccc1)C(C)(C)C. The highest BCUT2D eigenvalue weighted by molar-refractivity contribution is 5.87. The molecule has 377 valence electrons. The molecule has 3 atom stereocenters. The standard InChI is InChI=1S/C50H75N6O12/c1-49(2,3)43(54-48(60)68-35-34-67-33-32-66-31-30-65-29-28-64-27-26-63-25-24-61-7)45(57)52-41(36-38-14-10-9-11-15-38)21-23-56(55-46(58)44(50(4,5)6)53-47(59)62-8)37-39-17-19-40(20-18-39)42-16-12-13-22-51-42/h9-22,41,43-44H,23-37H2,1-8H3,(H,52,57)(H,53,59)(H,54,60)(H,55,58)/t41-,43-,44-/m0/s1. The first kappa shape index (κ1) is 57.1. The van der Waals surface area contributed by atoms with E-state index in [1.165, 1.54) is 7.11 Å². The van der Waals surface area contributed by atoms with E-state index in [1.54, 1.807) is 18.3 Å². The van der Waals surface area contributed by atoms with Crippen molar-refractivity contribution in [2.24, 2.45) is 10.8 Å². The molecule has 2 aromatic carbocycles. The van der Waals surface area contributed by atoms with E-state index in [9.17, 15) is 19.2 Å². The van der Waals surface area contributed by atoms with Crippen molar-refractivity contribution in [3.05, 3.63) is 96.5 Å². The van der Waals surface area contributed by atoms with Crippen LogP contribution in [0.1, 0.15) is 52.7 Å². The Balaban J connectivity index is 1.59. The van der Waals surface area contributed by atoms with Crippen LogP contribution in [-0.4, -0.2) is 152 Å². The number of nitrogens with one attached hydrogen (secondary N) is 4. The molecule has 0 aliphatic carbocycles. The molecule has 4 N–H and O–H groups in total. The molecule has 0 saturated heterocycles. The zero-order valence-corrected chi connectivity index (χ0v) is 41.2. The van der Waals surface area contributed by atoms with Crippen LogP contribution in [0.5, 0.6) is 0 Å². The zero-order chi connectivity index (χ0) is 49.6. The van der Waals surface area contributed by atoms with Gasteiger partial charge in [-0.3, -0.25) is 20.0 Å². The number of hydrogen-bond donors (Lipinski definition) is 4. The van der Waals surface area contributed by atoms with Gasteiger partial charge in [-0.25, -0.2) is 14.6 Å². The molecular weight excluding hydrogens is 877 g/mol. The smallest absolute Gasteiger partial charge is 0.407 e. The molecular formula is C50H75N6O12. The van der Waals surface area contributed by atoms with Crippen molar-refractivity contribution in [2.75, 3.05) is 100 Å². The van der Waals surface area contributed by atoms with Gasteiger partial charge >= 0.3 is 12.2 Å². The Labute approximate surface area is 402 Å². The highest BCUT2D eigenvalue weighted by atomic mass is 16.6. The summed E-state index contributed by atoms with van der Waals surface area (Å²) in [5, 5.41) is 10.3. The minimum atomic E-state index is -0.977. The molecule has 0 fully saturated rings. The van der Waals surface area contributed by atoms with Gasteiger partial charge in [-0.15, -0.1) is 0 Å². The predicted molar refractivity (Wildman–Crippen MR) is 257 cm³/mol. The van der Waals surface area contributed by atoms with Crippen LogP contribution < -0.4 is 21.4 Å². The number of methoxy groups -OCH3 is 2. The zero-order valence-electron chi connectivity index (χ0n) is 41.2. The van der Waals surface area contributed by atoms with Gasteiger partial charge in [0, 0.05) is 44.4 Å². The number of hydrogen-bond acceptors (Lipinski definition) is 14. The van der Waals surface area contributed by atoms with Gasteiger partial charge < -0.3 is 53.8 Å². The Morgan fingerprint density at radius 2 is 1.10 bits per heavy atom. The van der Waals surface area contributed by atoms with Gasteiger partial charge in [-0.1, -0.05) is 102 Å². The fraction of sp³-hybridized carbons (Fsp3) is 0.560. The van der Waals surface area contributed by atoms with Crippen LogP contribution in [0.2, 0.25) is 0 Å². The van der Waals surface area contributed by atoms with E-state index < -0.39 is 53.0 Å². The second-order valence-electron chi connectivity index (χ2n) is 17.9. The normalized spacial score (nSPS) is 13.0. The Bertz CT molecular complexity index is 1860. The number of aromatic nitrogens is 1. The minimum absolute atomic E-state index is 0.0338. The number of benzene rings is 2. The van der Waals surface area contributed by atoms with E-state index >= 15 is 0 Å². The van der Waals surface area contributed by atoms with Crippen LogP contribution in [0.15, 0.2) is 79.0 Å². The molecule has 1 heterocycles. The first-order valence-electron chi connectivity index (χ1n) is 23.0. The van der Waals surface area contributed by atoms with Crippen molar-refractivity contribution in [3.8, 4) is 11.3 Å². The average Bonchev–Trinajstić information content (AvgIpc) is 3.31. The van der Waals surface area contributed by atoms with E-state index in [0.717, 1.165) is 22.4 Å². The van der Waals surface area contributed by atoms with Crippen molar-refractivity contribution < 1.29 is 57.1 Å². The summed E-state index contributed by atoms with van der Waals surface area (Å²) in [6, 6.07) is 20.8. The molecule has 0 aliphatic heterocycles. The maximum absolute atomic E-state index is 14.2. The highest BCUT2D eigenvalue weighted by Gasteiger charge is 2.36. The summed E-state index contributed by atoms with van der Waals surface area (Å²) in [5.74, 6) is -0.870. The molecule has 1 radical (unpaired) electrons. The van der Waals surface area contributed by atoms with Crippen LogP contribution in [0, 0.1) is 17.3 Å². The minimum Gasteiger partial charge on any atom is -0.453 e. The number of hydrazine groups is 1. The number of amides is 4. The predicted octanol–water partition coefficient (Wildman–Crippen LogP) is 5.15. The summed E-state index contributed by atoms with van der Waals surface area (Å²) in [5.41, 5.74) is 5.25. The summed E-state index contributed by atoms with van der Waals surface area (Å²) in [4.78, 5) is 57.9. The van der Waals surface area contributed by atoms with Crippen LogP contribution in [0.25, 0.3) is 11.3 Å². The van der Waals surface area contributed by atoms with Crippen LogP contribution >= 0.6 is 0 Å². The molecule has 0 saturated carbocycles. The lowest BCUT2D eigenvalue weighted by Crippen LogP contribution is -2.58. The van der Waals surface area contributed by atoms with E-state index in [1.807, 2.05) is 121 Å². The lowest BCUT2D eigenvalue weighted by Gasteiger charge is -2.34. The molecule has 3 aromatic rings. The third-order valence-electron chi connectivity index (χ3n) is 10.1. The summed E-state index contributed by atoms with van der Waals surface area (Å²) in [6.45, 7) is 16.1. The van der Waals surface area contributed by atoms with E-state index in [4.69, 9.17) is 37.9 Å². The fourth-order valence-electron chi connectivity index (χ4n) is 6.49. The number of carbonyl (C=O) groups is 4. The van der Waals surface area contributed by atoms with E-state index in [0.29, 0.717) is 72.5 Å². The first-order chi connectivity index (χ1) is 32.6. The molecule has 0 aliphatic rings. The van der Waals surface area contributed by atoms with Crippen molar-refractivity contribution in [1.82, 2.24) is 31.4 Å². The van der Waals surface area contributed by atoms with Crippen molar-refractivity contribution in [1.29, 1.82) is 0 Å². The van der Waals surface area contributed by atoms with Crippen LogP contribution in [0.4, 0.5) is 9.59 Å². The second kappa shape index (κ2) is 31.8. The molecule has 0 bridgehead atoms. The average molecular weight is 952 g/mol. The monoisotopic (exact) mass is 952 g/mol. The summed E-state index contributed by atoms with van der Waals surface area (Å²) >= 11 is 0. The number of ether oxygens (including phenoxy) is 8. The summed E-state index contributed by atoms with van der Waals surface area (Å²) < 4.78 is 42.5. The van der Waals surface area contributed by atoms with E-state index in [2.05, 4.69) is 26.4 Å². The van der Waals surface area contributed by atoms with Gasteiger partial charge in [0.05, 0.1) is 85.5 Å². The topological polar surface area (TPSA) is 206 Å². The molecule has 68 heavy (non-hydrogen) atoms.